The molecule has 4 nitrogen and oxygen atoms in total. The summed E-state index contributed by atoms with van der Waals surface area (Å²) in [7, 11) is 3.05. The Hall–Kier alpha value is -2.02. The van der Waals surface area contributed by atoms with Crippen molar-refractivity contribution in [2.75, 3.05) is 14.2 Å². The number of ether oxygens (including phenoxy) is 2. The van der Waals surface area contributed by atoms with Crippen molar-refractivity contribution in [1.29, 1.82) is 0 Å². The Morgan fingerprint density at radius 3 is 2.20 bits per heavy atom. The van der Waals surface area contributed by atoms with E-state index in [1.54, 1.807) is 12.1 Å². The molecular formula is C11H12NO3+. The highest BCUT2D eigenvalue weighted by Crippen LogP contribution is 2.38. The minimum Gasteiger partial charge on any atom is -0.488 e. The molecule has 0 amide bonds. The van der Waals surface area contributed by atoms with Gasteiger partial charge in [0, 0.05) is 17.7 Å². The molecule has 0 fully saturated rings. The van der Waals surface area contributed by atoms with Gasteiger partial charge in [-0.05, 0) is 0 Å². The summed E-state index contributed by atoms with van der Waals surface area (Å²) in [6.07, 6.45) is 0. The molecule has 15 heavy (non-hydrogen) atoms. The molecule has 1 aromatic carbocycles. The first kappa shape index (κ1) is 11.1. The van der Waals surface area contributed by atoms with Crippen molar-refractivity contribution in [3.63, 3.8) is 0 Å². The van der Waals surface area contributed by atoms with E-state index in [2.05, 4.69) is 11.6 Å². The highest BCUT2D eigenvalue weighted by molar-refractivity contribution is 5.53. The van der Waals surface area contributed by atoms with E-state index in [-0.39, 0.29) is 6.54 Å². The lowest BCUT2D eigenvalue weighted by Gasteiger charge is -2.03. The van der Waals surface area contributed by atoms with Gasteiger partial charge in [-0.15, -0.1) is 0 Å². The van der Waals surface area contributed by atoms with Gasteiger partial charge in [0.25, 0.3) is 6.79 Å². The van der Waals surface area contributed by atoms with E-state index in [1.165, 1.54) is 14.2 Å². The van der Waals surface area contributed by atoms with Gasteiger partial charge in [0.1, 0.15) is 0 Å². The maximum atomic E-state index is 6.79. The van der Waals surface area contributed by atoms with Crippen LogP contribution < -0.4 is 9.47 Å². The normalized spacial score (nSPS) is 9.13. The molecule has 0 aliphatic heterocycles. The third-order valence-corrected chi connectivity index (χ3v) is 1.93. The van der Waals surface area contributed by atoms with Gasteiger partial charge in [-0.1, -0.05) is 0 Å². The Morgan fingerprint density at radius 2 is 1.87 bits per heavy atom. The largest absolute Gasteiger partial charge is 0.488 e. The van der Waals surface area contributed by atoms with Gasteiger partial charge in [0.2, 0.25) is 18.0 Å². The van der Waals surface area contributed by atoms with Crippen molar-refractivity contribution in [2.45, 2.75) is 6.54 Å². The van der Waals surface area contributed by atoms with E-state index in [1.807, 2.05) is 0 Å². The number of carbonyl (C=O) groups excluding carboxylic acids is 1. The zero-order valence-electron chi connectivity index (χ0n) is 8.74. The summed E-state index contributed by atoms with van der Waals surface area (Å²) in [5.74, 6) is 1.47. The van der Waals surface area contributed by atoms with Crippen molar-refractivity contribution < 1.29 is 13.9 Å². The van der Waals surface area contributed by atoms with Crippen molar-refractivity contribution in [3.8, 4) is 17.2 Å². The molecule has 0 spiro atoms. The first-order valence-corrected chi connectivity index (χ1v) is 4.27. The second-order valence-electron chi connectivity index (χ2n) is 2.79. The molecule has 0 aliphatic rings. The van der Waals surface area contributed by atoms with E-state index < -0.39 is 0 Å². The Morgan fingerprint density at radius 1 is 1.33 bits per heavy atom. The van der Waals surface area contributed by atoms with E-state index >= 15 is 0 Å². The Balaban J connectivity index is 3.30. The molecule has 4 heteroatoms. The van der Waals surface area contributed by atoms with E-state index in [9.17, 15) is 0 Å². The smallest absolute Gasteiger partial charge is 0.434 e. The van der Waals surface area contributed by atoms with Gasteiger partial charge in [-0.3, -0.25) is 0 Å². The van der Waals surface area contributed by atoms with Crippen LogP contribution in [0.1, 0.15) is 5.56 Å². The molecule has 0 heterocycles. The van der Waals surface area contributed by atoms with Crippen molar-refractivity contribution in [2.24, 2.45) is 0 Å². The lowest BCUT2D eigenvalue weighted by molar-refractivity contribution is -0.357. The van der Waals surface area contributed by atoms with Crippen molar-refractivity contribution in [1.82, 2.24) is 0 Å². The zero-order chi connectivity index (χ0) is 11.3. The van der Waals surface area contributed by atoms with Crippen LogP contribution in [0.4, 0.5) is 0 Å². The SMILES string of the molecule is [C-]#[N+]Cc1cc(OC)c([O+]=C)c(OC)c1. The first-order valence-electron chi connectivity index (χ1n) is 4.27. The number of nitrogens with zero attached hydrogens (tertiary/aromatic N) is 1. The second-order valence-corrected chi connectivity index (χ2v) is 2.79. The predicted octanol–water partition coefficient (Wildman–Crippen LogP) is 2.20. The molecule has 0 saturated carbocycles. The van der Waals surface area contributed by atoms with Crippen molar-refractivity contribution in [3.05, 3.63) is 29.1 Å². The van der Waals surface area contributed by atoms with Crippen LogP contribution in [0.3, 0.4) is 0 Å². The molecule has 1 aromatic rings. The van der Waals surface area contributed by atoms with E-state index in [0.29, 0.717) is 17.2 Å². The maximum absolute atomic E-state index is 6.79. The van der Waals surface area contributed by atoms with Crippen LogP contribution in [0.15, 0.2) is 12.1 Å². The van der Waals surface area contributed by atoms with Crippen LogP contribution in [0.25, 0.3) is 4.85 Å². The average Bonchev–Trinajstić information content (AvgIpc) is 2.28. The van der Waals surface area contributed by atoms with Gasteiger partial charge in [-0.25, -0.2) is 11.0 Å². The zero-order valence-corrected chi connectivity index (χ0v) is 8.74. The summed E-state index contributed by atoms with van der Waals surface area (Å²) in [6, 6.07) is 3.47. The standard InChI is InChI=1S/C11H12NO3/c1-12-7-8-5-9(13-2)11(15-4)10(6-8)14-3/h5-6H,4,7H2,2-3H3/q+1. The lowest BCUT2D eigenvalue weighted by Crippen LogP contribution is -1.92. The monoisotopic (exact) mass is 206 g/mol. The fourth-order valence-corrected chi connectivity index (χ4v) is 1.26. The van der Waals surface area contributed by atoms with Crippen LogP contribution >= 0.6 is 0 Å². The summed E-state index contributed by atoms with van der Waals surface area (Å²) in [5, 5.41) is 0. The number of methoxy groups -OCH3 is 2. The molecule has 0 aromatic heterocycles. The number of hydrogen-bond acceptors (Lipinski definition) is 2. The number of rotatable bonds is 4. The summed E-state index contributed by atoms with van der Waals surface area (Å²) >= 11 is 0. The molecule has 1 rings (SSSR count). The summed E-state index contributed by atoms with van der Waals surface area (Å²) in [5.41, 5.74) is 0.819. The molecule has 0 N–H and O–H groups in total. The predicted molar refractivity (Wildman–Crippen MR) is 56.4 cm³/mol. The third-order valence-electron chi connectivity index (χ3n) is 1.93. The Kier molecular flexibility index (Phi) is 3.69. The molecular weight excluding hydrogens is 194 g/mol. The Labute approximate surface area is 88.6 Å². The van der Waals surface area contributed by atoms with Crippen molar-refractivity contribution >= 4 is 6.79 Å². The summed E-state index contributed by atoms with van der Waals surface area (Å²) < 4.78 is 15.1. The lowest BCUT2D eigenvalue weighted by atomic mass is 10.2. The molecule has 0 radical (unpaired) electrons. The van der Waals surface area contributed by atoms with E-state index in [0.717, 1.165) is 5.56 Å². The van der Waals surface area contributed by atoms with Gasteiger partial charge in [-0.2, -0.15) is 0 Å². The molecule has 0 aliphatic carbocycles. The topological polar surface area (TPSA) is 34.1 Å². The second kappa shape index (κ2) is 5.01. The highest BCUT2D eigenvalue weighted by atomic mass is 16.5. The van der Waals surface area contributed by atoms with Crippen LogP contribution in [0, 0.1) is 6.57 Å². The van der Waals surface area contributed by atoms with E-state index in [4.69, 9.17) is 20.5 Å². The maximum Gasteiger partial charge on any atom is 0.434 e. The third kappa shape index (κ3) is 2.26. The van der Waals surface area contributed by atoms with Crippen LogP contribution in [-0.2, 0) is 11.0 Å². The number of hydrogen-bond donors (Lipinski definition) is 0. The minimum atomic E-state index is 0.282. The van der Waals surface area contributed by atoms with Crippen LogP contribution in [-0.4, -0.2) is 21.0 Å². The Bertz CT molecular complexity index is 382. The minimum absolute atomic E-state index is 0.282. The average molecular weight is 206 g/mol. The fraction of sp³-hybridized carbons (Fsp3) is 0.273. The van der Waals surface area contributed by atoms with Crippen LogP contribution in [0.5, 0.6) is 17.2 Å². The fourth-order valence-electron chi connectivity index (χ4n) is 1.26. The molecule has 0 unspecified atom stereocenters. The van der Waals surface area contributed by atoms with Crippen LogP contribution in [0.2, 0.25) is 0 Å². The summed E-state index contributed by atoms with van der Waals surface area (Å²) in [4.78, 5) is 3.29. The van der Waals surface area contributed by atoms with Gasteiger partial charge >= 0.3 is 5.75 Å². The number of benzene rings is 1. The van der Waals surface area contributed by atoms with Gasteiger partial charge in [0.15, 0.2) is 0 Å². The van der Waals surface area contributed by atoms with Gasteiger partial charge in [0.05, 0.1) is 14.2 Å². The first-order chi connectivity index (χ1) is 7.26. The molecule has 0 bridgehead atoms. The molecule has 78 valence electrons. The molecule has 0 atom stereocenters. The van der Waals surface area contributed by atoms with Gasteiger partial charge < -0.3 is 14.3 Å². The highest BCUT2D eigenvalue weighted by Gasteiger charge is 2.21. The molecule has 0 saturated heterocycles. The quantitative estimate of drug-likeness (QED) is 0.559. The summed E-state index contributed by atoms with van der Waals surface area (Å²) in [6.45, 7) is 10.4.